The van der Waals surface area contributed by atoms with E-state index in [0.717, 1.165) is 5.16 Å². The van der Waals surface area contributed by atoms with Crippen LogP contribution in [-0.2, 0) is 5.75 Å². The van der Waals surface area contributed by atoms with Crippen LogP contribution in [0.15, 0.2) is 28.0 Å². The molecular weight excluding hydrogens is 370 g/mol. The quantitative estimate of drug-likeness (QED) is 0.538. The number of hydrogen-bond acceptors (Lipinski definition) is 9. The third-order valence-corrected chi connectivity index (χ3v) is 5.13. The molecule has 2 aromatic heterocycles. The van der Waals surface area contributed by atoms with E-state index in [-0.39, 0.29) is 0 Å². The summed E-state index contributed by atoms with van der Waals surface area (Å²) in [4.78, 5) is 0. The van der Waals surface area contributed by atoms with Gasteiger partial charge in [0.15, 0.2) is 16.7 Å². The van der Waals surface area contributed by atoms with Crippen LogP contribution in [-0.4, -0.2) is 46.3 Å². The van der Waals surface area contributed by atoms with Crippen molar-refractivity contribution >= 4 is 11.8 Å². The summed E-state index contributed by atoms with van der Waals surface area (Å²) in [5.74, 6) is 2.97. The van der Waals surface area contributed by atoms with E-state index in [9.17, 15) is 0 Å². The largest absolute Gasteiger partial charge is 0.493 e. The number of nitrogens with zero attached hydrogens (tertiary/aromatic N) is 5. The number of aromatic nitrogens is 5. The van der Waals surface area contributed by atoms with E-state index in [0.29, 0.717) is 46.4 Å². The molecule has 1 aliphatic carbocycles. The minimum Gasteiger partial charge on any atom is -0.493 e. The van der Waals surface area contributed by atoms with Gasteiger partial charge in [-0.15, -0.1) is 20.4 Å². The zero-order valence-corrected chi connectivity index (χ0v) is 16.0. The molecule has 0 spiro atoms. The van der Waals surface area contributed by atoms with Crippen molar-refractivity contribution in [3.05, 3.63) is 24.4 Å². The molecule has 0 N–H and O–H groups in total. The Kier molecular flexibility index (Phi) is 4.88. The Morgan fingerprint density at radius 2 is 1.81 bits per heavy atom. The summed E-state index contributed by atoms with van der Waals surface area (Å²) >= 11 is 1.53. The minimum atomic E-state index is 0.383. The fraction of sp³-hybridized carbons (Fsp3) is 0.412. The summed E-state index contributed by atoms with van der Waals surface area (Å²) in [6.45, 7) is 0. The summed E-state index contributed by atoms with van der Waals surface area (Å²) in [6.07, 6.45) is 4.13. The lowest BCUT2D eigenvalue weighted by Crippen LogP contribution is -1.95. The molecule has 27 heavy (non-hydrogen) atoms. The zero-order valence-electron chi connectivity index (χ0n) is 15.2. The smallest absolute Gasteiger partial charge is 0.248 e. The van der Waals surface area contributed by atoms with Crippen molar-refractivity contribution < 1.29 is 18.6 Å². The van der Waals surface area contributed by atoms with Gasteiger partial charge in [-0.1, -0.05) is 11.8 Å². The van der Waals surface area contributed by atoms with Gasteiger partial charge < -0.3 is 23.2 Å². The van der Waals surface area contributed by atoms with E-state index in [1.54, 1.807) is 39.8 Å². The van der Waals surface area contributed by atoms with E-state index in [1.807, 2.05) is 0 Å². The molecule has 0 radical (unpaired) electrons. The zero-order chi connectivity index (χ0) is 18.8. The average molecular weight is 389 g/mol. The summed E-state index contributed by atoms with van der Waals surface area (Å²) in [7, 11) is 4.68. The molecule has 1 fully saturated rings. The second-order valence-electron chi connectivity index (χ2n) is 5.96. The van der Waals surface area contributed by atoms with Crippen LogP contribution in [0.4, 0.5) is 0 Å². The minimum absolute atomic E-state index is 0.383. The summed E-state index contributed by atoms with van der Waals surface area (Å²) < 4.78 is 24.0. The highest BCUT2D eigenvalue weighted by Gasteiger charge is 2.26. The van der Waals surface area contributed by atoms with Crippen molar-refractivity contribution in [2.45, 2.75) is 29.8 Å². The summed E-state index contributed by atoms with van der Waals surface area (Å²) in [5.41, 5.74) is 0.689. The van der Waals surface area contributed by atoms with Crippen LogP contribution in [0.5, 0.6) is 17.2 Å². The Morgan fingerprint density at radius 1 is 1.07 bits per heavy atom. The predicted molar refractivity (Wildman–Crippen MR) is 97.2 cm³/mol. The molecule has 1 aliphatic rings. The predicted octanol–water partition coefficient (Wildman–Crippen LogP) is 2.98. The first-order chi connectivity index (χ1) is 13.2. The van der Waals surface area contributed by atoms with Gasteiger partial charge in [-0.2, -0.15) is 0 Å². The fourth-order valence-electron chi connectivity index (χ4n) is 2.70. The van der Waals surface area contributed by atoms with E-state index in [2.05, 4.69) is 25.0 Å². The van der Waals surface area contributed by atoms with E-state index in [4.69, 9.17) is 18.6 Å². The van der Waals surface area contributed by atoms with Gasteiger partial charge >= 0.3 is 0 Å². The number of benzene rings is 1. The summed E-state index contributed by atoms with van der Waals surface area (Å²) in [5, 5.41) is 17.3. The highest BCUT2D eigenvalue weighted by Crippen LogP contribution is 2.41. The van der Waals surface area contributed by atoms with Gasteiger partial charge in [0.25, 0.3) is 0 Å². The molecule has 0 bridgehead atoms. The second-order valence-corrected chi connectivity index (χ2v) is 6.90. The molecule has 4 rings (SSSR count). The van der Waals surface area contributed by atoms with Gasteiger partial charge in [0.05, 0.1) is 27.1 Å². The number of ether oxygens (including phenoxy) is 3. The topological polar surface area (TPSA) is 97.3 Å². The number of hydrogen-bond donors (Lipinski definition) is 0. The van der Waals surface area contributed by atoms with Gasteiger partial charge in [-0.3, -0.25) is 0 Å². The van der Waals surface area contributed by atoms with E-state index in [1.165, 1.54) is 24.6 Å². The molecule has 9 nitrogen and oxygen atoms in total. The maximum atomic E-state index is 5.80. The van der Waals surface area contributed by atoms with Crippen LogP contribution >= 0.6 is 11.8 Å². The molecule has 3 aromatic rings. The average Bonchev–Trinajstić information content (AvgIpc) is 3.25. The van der Waals surface area contributed by atoms with Crippen molar-refractivity contribution in [3.63, 3.8) is 0 Å². The number of rotatable bonds is 8. The van der Waals surface area contributed by atoms with Crippen molar-refractivity contribution in [3.8, 4) is 28.7 Å². The van der Waals surface area contributed by atoms with Gasteiger partial charge in [0.1, 0.15) is 6.33 Å². The van der Waals surface area contributed by atoms with Crippen LogP contribution in [0.1, 0.15) is 24.8 Å². The normalized spacial score (nSPS) is 13.6. The number of methoxy groups -OCH3 is 3. The first-order valence-electron chi connectivity index (χ1n) is 8.38. The second kappa shape index (κ2) is 7.47. The van der Waals surface area contributed by atoms with Crippen molar-refractivity contribution in [1.29, 1.82) is 0 Å². The van der Waals surface area contributed by atoms with Gasteiger partial charge in [0.2, 0.25) is 17.5 Å². The van der Waals surface area contributed by atoms with Crippen LogP contribution in [0.3, 0.4) is 0 Å². The van der Waals surface area contributed by atoms with Crippen LogP contribution in [0.2, 0.25) is 0 Å². The third-order valence-electron chi connectivity index (χ3n) is 4.18. The highest BCUT2D eigenvalue weighted by atomic mass is 32.2. The molecule has 0 atom stereocenters. The molecule has 0 unspecified atom stereocenters. The molecular formula is C17H19N5O4S. The van der Waals surface area contributed by atoms with E-state index < -0.39 is 0 Å². The van der Waals surface area contributed by atoms with Crippen molar-refractivity contribution in [2.75, 3.05) is 21.3 Å². The van der Waals surface area contributed by atoms with Crippen molar-refractivity contribution in [2.24, 2.45) is 0 Å². The van der Waals surface area contributed by atoms with Gasteiger partial charge in [-0.25, -0.2) is 0 Å². The Labute approximate surface area is 160 Å². The Morgan fingerprint density at radius 3 is 2.44 bits per heavy atom. The molecule has 0 amide bonds. The summed E-state index contributed by atoms with van der Waals surface area (Å²) in [6, 6.07) is 4.07. The molecule has 10 heteroatoms. The lowest BCUT2D eigenvalue weighted by Gasteiger charge is -2.12. The monoisotopic (exact) mass is 389 g/mol. The lowest BCUT2D eigenvalue weighted by atomic mass is 10.2. The van der Waals surface area contributed by atoms with Crippen molar-refractivity contribution in [1.82, 2.24) is 25.0 Å². The Hall–Kier alpha value is -2.75. The standard InChI is InChI=1S/C17H19N5O4S/c1-23-12-6-10(7-13(24-2)15(12)25-3)16-20-19-14(26-16)8-27-17-21-18-9-22(17)11-4-5-11/h6-7,9,11H,4-5,8H2,1-3H3. The lowest BCUT2D eigenvalue weighted by molar-refractivity contribution is 0.324. The fourth-order valence-corrected chi connectivity index (χ4v) is 3.52. The molecule has 1 aromatic carbocycles. The number of thioether (sulfide) groups is 1. The molecule has 0 saturated heterocycles. The van der Waals surface area contributed by atoms with Crippen LogP contribution in [0, 0.1) is 0 Å². The Bertz CT molecular complexity index is 912. The maximum absolute atomic E-state index is 5.80. The molecule has 142 valence electrons. The highest BCUT2D eigenvalue weighted by molar-refractivity contribution is 7.98. The first-order valence-corrected chi connectivity index (χ1v) is 9.37. The van der Waals surface area contributed by atoms with Crippen LogP contribution in [0.25, 0.3) is 11.5 Å². The Balaban J connectivity index is 1.53. The van der Waals surface area contributed by atoms with E-state index >= 15 is 0 Å². The molecule has 2 heterocycles. The van der Waals surface area contributed by atoms with Gasteiger partial charge in [0, 0.05) is 11.6 Å². The third kappa shape index (κ3) is 3.57. The first kappa shape index (κ1) is 17.7. The molecule has 1 saturated carbocycles. The maximum Gasteiger partial charge on any atom is 0.248 e. The molecule has 0 aliphatic heterocycles. The van der Waals surface area contributed by atoms with Gasteiger partial charge in [-0.05, 0) is 25.0 Å². The van der Waals surface area contributed by atoms with Crippen LogP contribution < -0.4 is 14.2 Å². The SMILES string of the molecule is COc1cc(-c2nnc(CSc3nncn3C3CC3)o2)cc(OC)c1OC.